The molecule has 0 spiro atoms. The molecule has 0 aliphatic heterocycles. The third-order valence-corrected chi connectivity index (χ3v) is 2.78. The molecule has 17 heavy (non-hydrogen) atoms. The quantitative estimate of drug-likeness (QED) is 0.597. The fraction of sp³-hybridized carbons (Fsp3) is 0.375. The molecule has 92 valence electrons. The highest BCUT2D eigenvalue weighted by molar-refractivity contribution is 14.1. The van der Waals surface area contributed by atoms with Crippen LogP contribution in [0.25, 0.3) is 0 Å². The van der Waals surface area contributed by atoms with E-state index in [4.69, 9.17) is 5.26 Å². The summed E-state index contributed by atoms with van der Waals surface area (Å²) >= 11 is 1.35. The molecule has 0 radical (unpaired) electrons. The number of hydrogen-bond donors (Lipinski definition) is 0. The lowest BCUT2D eigenvalue weighted by molar-refractivity contribution is -0.142. The minimum absolute atomic E-state index is 0.373. The molecular formula is C8H5F3IN3O2. The van der Waals surface area contributed by atoms with Crippen molar-refractivity contribution in [3.63, 3.8) is 0 Å². The lowest BCUT2D eigenvalue weighted by Crippen LogP contribution is -2.12. The van der Waals surface area contributed by atoms with E-state index in [0.717, 1.165) is 7.11 Å². The Labute approximate surface area is 107 Å². The summed E-state index contributed by atoms with van der Waals surface area (Å²) in [6, 6.07) is 1.62. The Morgan fingerprint density at radius 1 is 1.65 bits per heavy atom. The molecule has 0 aliphatic carbocycles. The Hall–Kier alpha value is -1.31. The molecular weight excluding hydrogens is 354 g/mol. The summed E-state index contributed by atoms with van der Waals surface area (Å²) in [5.74, 6) is -0.965. The van der Waals surface area contributed by atoms with E-state index < -0.39 is 24.4 Å². The first kappa shape index (κ1) is 13.8. The predicted molar refractivity (Wildman–Crippen MR) is 56.9 cm³/mol. The zero-order chi connectivity index (χ0) is 13.2. The van der Waals surface area contributed by atoms with Gasteiger partial charge in [0, 0.05) is 0 Å². The molecule has 0 fully saturated rings. The normalized spacial score (nSPS) is 11.1. The Morgan fingerprint density at radius 3 is 2.65 bits per heavy atom. The zero-order valence-electron chi connectivity index (χ0n) is 8.38. The highest BCUT2D eigenvalue weighted by atomic mass is 127. The highest BCUT2D eigenvalue weighted by Gasteiger charge is 2.40. The monoisotopic (exact) mass is 359 g/mol. The van der Waals surface area contributed by atoms with Crippen LogP contribution < -0.4 is 0 Å². The Morgan fingerprint density at radius 2 is 2.24 bits per heavy atom. The van der Waals surface area contributed by atoms with Crippen molar-refractivity contribution in [1.82, 2.24) is 9.78 Å². The number of hydrogen-bond acceptors (Lipinski definition) is 4. The molecule has 1 heterocycles. The van der Waals surface area contributed by atoms with E-state index in [1.54, 1.807) is 6.07 Å². The second-order valence-electron chi connectivity index (χ2n) is 2.82. The standard InChI is InChI=1S/C8H5F3IN3O2/c1-17-7(16)5-4(12)6(8(9,10)11)14-15(5)3-2-13/h3H2,1H3. The van der Waals surface area contributed by atoms with Gasteiger partial charge < -0.3 is 4.74 Å². The second kappa shape index (κ2) is 4.91. The molecule has 0 aliphatic rings. The van der Waals surface area contributed by atoms with E-state index in [1.807, 2.05) is 0 Å². The maximum Gasteiger partial charge on any atom is 0.436 e. The van der Waals surface area contributed by atoms with E-state index in [0.29, 0.717) is 4.68 Å². The average Bonchev–Trinajstić information content (AvgIpc) is 2.55. The van der Waals surface area contributed by atoms with Gasteiger partial charge in [0.1, 0.15) is 6.54 Å². The number of nitrogens with zero attached hydrogens (tertiary/aromatic N) is 3. The molecule has 0 saturated heterocycles. The molecule has 0 aromatic carbocycles. The summed E-state index contributed by atoms with van der Waals surface area (Å²) < 4.78 is 42.3. The number of rotatable bonds is 2. The summed E-state index contributed by atoms with van der Waals surface area (Å²) in [5.41, 5.74) is -1.57. The van der Waals surface area contributed by atoms with Gasteiger partial charge in [-0.15, -0.1) is 0 Å². The van der Waals surface area contributed by atoms with Gasteiger partial charge in [0.05, 0.1) is 16.7 Å². The topological polar surface area (TPSA) is 67.9 Å². The average molecular weight is 359 g/mol. The molecule has 1 aromatic rings. The van der Waals surface area contributed by atoms with Crippen LogP contribution >= 0.6 is 22.6 Å². The number of esters is 1. The number of carbonyl (C=O) groups excluding carboxylic acids is 1. The van der Waals surface area contributed by atoms with E-state index in [-0.39, 0.29) is 9.26 Å². The molecule has 1 rings (SSSR count). The van der Waals surface area contributed by atoms with Gasteiger partial charge in [-0.3, -0.25) is 0 Å². The van der Waals surface area contributed by atoms with Gasteiger partial charge in [0.2, 0.25) is 0 Å². The summed E-state index contributed by atoms with van der Waals surface area (Å²) in [4.78, 5) is 11.3. The molecule has 0 bridgehead atoms. The van der Waals surface area contributed by atoms with Gasteiger partial charge >= 0.3 is 12.1 Å². The first-order valence-corrected chi connectivity index (χ1v) is 5.19. The van der Waals surface area contributed by atoms with E-state index >= 15 is 0 Å². The van der Waals surface area contributed by atoms with Crippen LogP contribution in [0, 0.1) is 14.9 Å². The molecule has 0 amide bonds. The lowest BCUT2D eigenvalue weighted by Gasteiger charge is -2.01. The molecule has 0 N–H and O–H groups in total. The van der Waals surface area contributed by atoms with Gasteiger partial charge in [-0.05, 0) is 22.6 Å². The van der Waals surface area contributed by atoms with Crippen molar-refractivity contribution in [2.24, 2.45) is 0 Å². The minimum atomic E-state index is -4.68. The number of halogens is 4. The number of nitriles is 1. The molecule has 9 heteroatoms. The zero-order valence-corrected chi connectivity index (χ0v) is 10.5. The predicted octanol–water partition coefficient (Wildman–Crippen LogP) is 1.82. The summed E-state index contributed by atoms with van der Waals surface area (Å²) in [7, 11) is 1.04. The molecule has 5 nitrogen and oxygen atoms in total. The van der Waals surface area contributed by atoms with Gasteiger partial charge in [0.15, 0.2) is 11.4 Å². The van der Waals surface area contributed by atoms with Crippen LogP contribution in [0.3, 0.4) is 0 Å². The van der Waals surface area contributed by atoms with Crippen LogP contribution in [0.15, 0.2) is 0 Å². The highest BCUT2D eigenvalue weighted by Crippen LogP contribution is 2.33. The van der Waals surface area contributed by atoms with Crippen molar-refractivity contribution in [3.05, 3.63) is 15.0 Å². The van der Waals surface area contributed by atoms with Crippen molar-refractivity contribution >= 4 is 28.6 Å². The van der Waals surface area contributed by atoms with Crippen molar-refractivity contribution in [2.45, 2.75) is 12.7 Å². The lowest BCUT2D eigenvalue weighted by atomic mass is 10.3. The van der Waals surface area contributed by atoms with E-state index in [9.17, 15) is 18.0 Å². The van der Waals surface area contributed by atoms with Crippen LogP contribution in [0.4, 0.5) is 13.2 Å². The summed E-state index contributed by atoms with van der Waals surface area (Å²) in [6.45, 7) is -0.462. The Balaban J connectivity index is 3.42. The smallest absolute Gasteiger partial charge is 0.436 e. The SMILES string of the molecule is COC(=O)c1c(I)c(C(F)(F)F)nn1CC#N. The fourth-order valence-electron chi connectivity index (χ4n) is 1.09. The third-order valence-electron chi connectivity index (χ3n) is 1.76. The van der Waals surface area contributed by atoms with Gasteiger partial charge in [0.25, 0.3) is 0 Å². The molecule has 0 unspecified atom stereocenters. The molecule has 1 aromatic heterocycles. The molecule has 0 atom stereocenters. The third kappa shape index (κ3) is 2.68. The second-order valence-corrected chi connectivity index (χ2v) is 3.90. The number of methoxy groups -OCH3 is 1. The van der Waals surface area contributed by atoms with Crippen LogP contribution in [-0.4, -0.2) is 22.9 Å². The Kier molecular flexibility index (Phi) is 3.97. The van der Waals surface area contributed by atoms with Crippen molar-refractivity contribution in [3.8, 4) is 6.07 Å². The summed E-state index contributed by atoms with van der Waals surface area (Å²) in [5, 5.41) is 11.7. The van der Waals surface area contributed by atoms with E-state index in [1.165, 1.54) is 22.6 Å². The van der Waals surface area contributed by atoms with Crippen LogP contribution in [0.1, 0.15) is 16.2 Å². The van der Waals surface area contributed by atoms with Crippen LogP contribution in [0.5, 0.6) is 0 Å². The molecule has 0 saturated carbocycles. The van der Waals surface area contributed by atoms with Crippen LogP contribution in [-0.2, 0) is 17.5 Å². The first-order chi connectivity index (χ1) is 7.82. The number of aromatic nitrogens is 2. The number of alkyl halides is 3. The largest absolute Gasteiger partial charge is 0.464 e. The van der Waals surface area contributed by atoms with Crippen molar-refractivity contribution in [1.29, 1.82) is 5.26 Å². The summed E-state index contributed by atoms with van der Waals surface area (Å²) in [6.07, 6.45) is -4.68. The first-order valence-electron chi connectivity index (χ1n) is 4.11. The van der Waals surface area contributed by atoms with Gasteiger partial charge in [-0.1, -0.05) is 0 Å². The van der Waals surface area contributed by atoms with Crippen LogP contribution in [0.2, 0.25) is 0 Å². The maximum atomic E-state index is 12.5. The maximum absolute atomic E-state index is 12.5. The van der Waals surface area contributed by atoms with Gasteiger partial charge in [-0.25, -0.2) is 9.48 Å². The fourth-order valence-corrected chi connectivity index (χ4v) is 2.01. The van der Waals surface area contributed by atoms with E-state index in [2.05, 4.69) is 9.84 Å². The van der Waals surface area contributed by atoms with Crippen molar-refractivity contribution in [2.75, 3.05) is 7.11 Å². The Bertz CT molecular complexity index is 489. The minimum Gasteiger partial charge on any atom is -0.464 e. The van der Waals surface area contributed by atoms with Crippen molar-refractivity contribution < 1.29 is 22.7 Å². The number of carbonyl (C=O) groups is 1. The van der Waals surface area contributed by atoms with Gasteiger partial charge in [-0.2, -0.15) is 23.5 Å². The number of ether oxygens (including phenoxy) is 1.